The highest BCUT2D eigenvalue weighted by Crippen LogP contribution is 2.21. The van der Waals surface area contributed by atoms with Crippen LogP contribution >= 0.6 is 0 Å². The molecule has 0 fully saturated rings. The Hall–Kier alpha value is -0.920. The molecule has 0 aromatic carbocycles. The summed E-state index contributed by atoms with van der Waals surface area (Å²) in [6.45, 7) is 8.49. The molecule has 2 heteroatoms. The van der Waals surface area contributed by atoms with Gasteiger partial charge in [0.2, 0.25) is 0 Å². The first kappa shape index (κ1) is 8.18. The van der Waals surface area contributed by atoms with E-state index in [1.54, 1.807) is 6.20 Å². The van der Waals surface area contributed by atoms with Crippen LogP contribution in [-0.2, 0) is 5.41 Å². The van der Waals surface area contributed by atoms with Crippen LogP contribution in [0.4, 0.5) is 0 Å². The van der Waals surface area contributed by atoms with Crippen molar-refractivity contribution >= 4 is 0 Å². The molecule has 0 aliphatic heterocycles. The molecule has 0 unspecified atom stereocenters. The summed E-state index contributed by atoms with van der Waals surface area (Å²) in [6.07, 6.45) is 1.73. The topological polar surface area (TPSA) is 25.8 Å². The lowest BCUT2D eigenvalue weighted by molar-refractivity contribution is 0.553. The third-order valence-corrected chi connectivity index (χ3v) is 1.63. The van der Waals surface area contributed by atoms with E-state index >= 15 is 0 Å². The van der Waals surface area contributed by atoms with Crippen molar-refractivity contribution in [2.24, 2.45) is 0 Å². The molecule has 60 valence electrons. The lowest BCUT2D eigenvalue weighted by Gasteiger charge is -2.18. The van der Waals surface area contributed by atoms with E-state index in [-0.39, 0.29) is 5.41 Å². The van der Waals surface area contributed by atoms with Gasteiger partial charge in [0.25, 0.3) is 0 Å². The normalized spacial score (nSPS) is 11.6. The summed E-state index contributed by atoms with van der Waals surface area (Å²) in [7, 11) is 0. The molecule has 0 saturated carbocycles. The lowest BCUT2D eigenvalue weighted by Crippen LogP contribution is -2.15. The van der Waals surface area contributed by atoms with Gasteiger partial charge in [-0.3, -0.25) is 0 Å². The quantitative estimate of drug-likeness (QED) is 0.566. The highest BCUT2D eigenvalue weighted by Gasteiger charge is 2.17. The Morgan fingerprint density at radius 2 is 1.91 bits per heavy atom. The van der Waals surface area contributed by atoms with Crippen molar-refractivity contribution in [3.8, 4) is 0 Å². The maximum Gasteiger partial charge on any atom is 0.0713 e. The van der Waals surface area contributed by atoms with Gasteiger partial charge in [-0.1, -0.05) is 20.8 Å². The third kappa shape index (κ3) is 1.76. The van der Waals surface area contributed by atoms with Gasteiger partial charge < -0.3 is 0 Å². The van der Waals surface area contributed by atoms with E-state index in [0.29, 0.717) is 0 Å². The largest absolute Gasteiger partial charge is 0.159 e. The Labute approximate surface area is 67.7 Å². The number of rotatable bonds is 0. The van der Waals surface area contributed by atoms with E-state index in [1.165, 1.54) is 5.56 Å². The number of aromatic nitrogens is 2. The van der Waals surface area contributed by atoms with Crippen LogP contribution in [0.2, 0.25) is 0 Å². The zero-order valence-electron chi connectivity index (χ0n) is 7.55. The van der Waals surface area contributed by atoms with Gasteiger partial charge >= 0.3 is 0 Å². The maximum atomic E-state index is 4.10. The first-order chi connectivity index (χ1) is 5.02. The number of aryl methyl sites for hydroxylation is 1. The highest BCUT2D eigenvalue weighted by atomic mass is 15.1. The molecule has 0 atom stereocenters. The summed E-state index contributed by atoms with van der Waals surface area (Å²) >= 11 is 0. The van der Waals surface area contributed by atoms with Crippen molar-refractivity contribution in [1.82, 2.24) is 10.2 Å². The molecule has 0 radical (unpaired) electrons. The molecular formula is C9H14N2. The van der Waals surface area contributed by atoms with E-state index in [4.69, 9.17) is 0 Å². The van der Waals surface area contributed by atoms with E-state index in [0.717, 1.165) is 5.69 Å². The summed E-state index contributed by atoms with van der Waals surface area (Å²) in [5, 5.41) is 7.96. The Bertz CT molecular complexity index is 248. The molecule has 1 heterocycles. The van der Waals surface area contributed by atoms with E-state index in [2.05, 4.69) is 37.9 Å². The SMILES string of the molecule is Cc1ccnnc1C(C)(C)C. The number of hydrogen-bond acceptors (Lipinski definition) is 2. The molecule has 0 N–H and O–H groups in total. The first-order valence-corrected chi connectivity index (χ1v) is 3.80. The summed E-state index contributed by atoms with van der Waals surface area (Å²) in [5.74, 6) is 0. The summed E-state index contributed by atoms with van der Waals surface area (Å²) in [4.78, 5) is 0. The van der Waals surface area contributed by atoms with Gasteiger partial charge in [0.05, 0.1) is 5.69 Å². The smallest absolute Gasteiger partial charge is 0.0713 e. The van der Waals surface area contributed by atoms with Crippen LogP contribution in [0.15, 0.2) is 12.3 Å². The van der Waals surface area contributed by atoms with Gasteiger partial charge in [-0.2, -0.15) is 10.2 Å². The second kappa shape index (κ2) is 2.61. The van der Waals surface area contributed by atoms with Crippen molar-refractivity contribution in [1.29, 1.82) is 0 Å². The van der Waals surface area contributed by atoms with E-state index < -0.39 is 0 Å². The lowest BCUT2D eigenvalue weighted by atomic mass is 9.89. The molecule has 11 heavy (non-hydrogen) atoms. The summed E-state index contributed by atoms with van der Waals surface area (Å²) < 4.78 is 0. The monoisotopic (exact) mass is 150 g/mol. The van der Waals surface area contributed by atoms with Crippen LogP contribution in [-0.4, -0.2) is 10.2 Å². The first-order valence-electron chi connectivity index (χ1n) is 3.80. The van der Waals surface area contributed by atoms with Gasteiger partial charge in [0.1, 0.15) is 0 Å². The molecule has 0 aliphatic rings. The zero-order valence-corrected chi connectivity index (χ0v) is 7.55. The van der Waals surface area contributed by atoms with Crippen LogP contribution in [0.25, 0.3) is 0 Å². The van der Waals surface area contributed by atoms with Gasteiger partial charge in [0, 0.05) is 11.6 Å². The van der Waals surface area contributed by atoms with Crippen LogP contribution in [0, 0.1) is 6.92 Å². The van der Waals surface area contributed by atoms with Crippen molar-refractivity contribution in [3.63, 3.8) is 0 Å². The minimum atomic E-state index is 0.109. The second-order valence-corrected chi connectivity index (χ2v) is 3.81. The fourth-order valence-electron chi connectivity index (χ4n) is 1.14. The molecule has 0 spiro atoms. The van der Waals surface area contributed by atoms with Crippen molar-refractivity contribution in [3.05, 3.63) is 23.5 Å². The average Bonchev–Trinajstić information content (AvgIpc) is 1.86. The zero-order chi connectivity index (χ0) is 8.48. The minimum absolute atomic E-state index is 0.109. The predicted octanol–water partition coefficient (Wildman–Crippen LogP) is 2.08. The fraction of sp³-hybridized carbons (Fsp3) is 0.556. The van der Waals surface area contributed by atoms with Gasteiger partial charge in [0.15, 0.2) is 0 Å². The van der Waals surface area contributed by atoms with Gasteiger partial charge in [-0.25, -0.2) is 0 Å². The van der Waals surface area contributed by atoms with Gasteiger partial charge in [-0.15, -0.1) is 0 Å². The molecule has 0 amide bonds. The predicted molar refractivity (Wildman–Crippen MR) is 45.5 cm³/mol. The summed E-state index contributed by atoms with van der Waals surface area (Å²) in [6, 6.07) is 1.99. The van der Waals surface area contributed by atoms with Crippen LogP contribution in [0.1, 0.15) is 32.0 Å². The van der Waals surface area contributed by atoms with Crippen molar-refractivity contribution in [2.75, 3.05) is 0 Å². The van der Waals surface area contributed by atoms with Crippen LogP contribution in [0.3, 0.4) is 0 Å². The molecular weight excluding hydrogens is 136 g/mol. The second-order valence-electron chi connectivity index (χ2n) is 3.81. The molecule has 1 aromatic rings. The highest BCUT2D eigenvalue weighted by molar-refractivity contribution is 5.21. The van der Waals surface area contributed by atoms with Crippen molar-refractivity contribution in [2.45, 2.75) is 33.1 Å². The average molecular weight is 150 g/mol. The number of nitrogens with zero attached hydrogens (tertiary/aromatic N) is 2. The Morgan fingerprint density at radius 3 is 2.27 bits per heavy atom. The van der Waals surface area contributed by atoms with Crippen LogP contribution < -0.4 is 0 Å². The Balaban J connectivity index is 3.14. The van der Waals surface area contributed by atoms with E-state index in [9.17, 15) is 0 Å². The summed E-state index contributed by atoms with van der Waals surface area (Å²) in [5.41, 5.74) is 2.41. The Morgan fingerprint density at radius 1 is 1.27 bits per heavy atom. The molecule has 1 aromatic heterocycles. The fourth-order valence-corrected chi connectivity index (χ4v) is 1.14. The van der Waals surface area contributed by atoms with E-state index in [1.807, 2.05) is 6.07 Å². The molecule has 0 saturated heterocycles. The molecule has 0 bridgehead atoms. The van der Waals surface area contributed by atoms with Crippen molar-refractivity contribution < 1.29 is 0 Å². The number of hydrogen-bond donors (Lipinski definition) is 0. The van der Waals surface area contributed by atoms with Crippen LogP contribution in [0.5, 0.6) is 0 Å². The standard InChI is InChI=1S/C9H14N2/c1-7-5-6-10-11-8(7)9(2,3)4/h5-6H,1-4H3. The van der Waals surface area contributed by atoms with Gasteiger partial charge in [-0.05, 0) is 18.6 Å². The minimum Gasteiger partial charge on any atom is -0.159 e. The molecule has 2 nitrogen and oxygen atoms in total. The Kier molecular flexibility index (Phi) is 1.94. The molecule has 0 aliphatic carbocycles. The maximum absolute atomic E-state index is 4.10. The molecule has 1 rings (SSSR count). The third-order valence-electron chi connectivity index (χ3n) is 1.63.